The van der Waals surface area contributed by atoms with E-state index in [0.717, 1.165) is 24.3 Å². The second kappa shape index (κ2) is 8.92. The fraction of sp³-hybridized carbons (Fsp3) is 0.250. The minimum absolute atomic E-state index is 0.00629. The van der Waals surface area contributed by atoms with Crippen LogP contribution >= 0.6 is 31.1 Å². The monoisotopic (exact) mass is 584 g/mol. The normalized spacial score (nSPS) is 13.9. The zero-order valence-electron chi connectivity index (χ0n) is 15.6. The van der Waals surface area contributed by atoms with Gasteiger partial charge in [0.1, 0.15) is 0 Å². The fourth-order valence-electron chi connectivity index (χ4n) is 2.58. The molecule has 0 aliphatic rings. The molecule has 0 heterocycles. The van der Waals surface area contributed by atoms with Crippen LogP contribution in [0.1, 0.15) is 22.3 Å². The summed E-state index contributed by atoms with van der Waals surface area (Å²) in [7, 11) is -15.6. The van der Waals surface area contributed by atoms with E-state index in [-0.39, 0.29) is 11.1 Å². The first-order valence-electron chi connectivity index (χ1n) is 8.23. The summed E-state index contributed by atoms with van der Waals surface area (Å²) in [5.41, 5.74) is -11.0. The molecule has 2 aromatic carbocycles. The van der Waals surface area contributed by atoms with Gasteiger partial charge in [0.15, 0.2) is 9.84 Å². The summed E-state index contributed by atoms with van der Waals surface area (Å²) in [6.07, 6.45) is 0. The summed E-state index contributed by atoms with van der Waals surface area (Å²) >= 11 is 2.74. The topological polar surface area (TPSA) is 149 Å². The van der Waals surface area contributed by atoms with Crippen LogP contribution in [0, 0.1) is 0 Å². The number of rotatable bonds is 8. The third-order valence-electron chi connectivity index (χ3n) is 4.16. The lowest BCUT2D eigenvalue weighted by atomic mass is 10.1. The van der Waals surface area contributed by atoms with E-state index in [4.69, 9.17) is 19.6 Å². The molecule has 0 radical (unpaired) electrons. The van der Waals surface area contributed by atoms with Crippen molar-refractivity contribution in [1.82, 2.24) is 0 Å². The smallest absolute Gasteiger partial charge is 0.320 e. The number of benzene rings is 2. The lowest BCUT2D eigenvalue weighted by molar-refractivity contribution is 0.0557. The Labute approximate surface area is 187 Å². The molecule has 4 N–H and O–H groups in total. The van der Waals surface area contributed by atoms with E-state index >= 15 is 0 Å². The van der Waals surface area contributed by atoms with Crippen molar-refractivity contribution in [2.24, 2.45) is 0 Å². The van der Waals surface area contributed by atoms with E-state index in [0.29, 0.717) is 18.2 Å². The van der Waals surface area contributed by atoms with E-state index in [1.807, 2.05) is 0 Å². The van der Waals surface area contributed by atoms with Crippen molar-refractivity contribution in [2.75, 3.05) is 0 Å². The van der Waals surface area contributed by atoms with Crippen LogP contribution in [0.3, 0.4) is 0 Å². The van der Waals surface area contributed by atoms with E-state index < -0.39 is 63.5 Å². The van der Waals surface area contributed by atoms with Gasteiger partial charge in [-0.3, -0.25) is 9.13 Å². The van der Waals surface area contributed by atoms with Crippen molar-refractivity contribution < 1.29 is 54.7 Å². The maximum absolute atomic E-state index is 13.9. The quantitative estimate of drug-likeness (QED) is 0.268. The van der Waals surface area contributed by atoms with Gasteiger partial charge >= 0.3 is 26.5 Å². The fourth-order valence-corrected chi connectivity index (χ4v) is 5.89. The second-order valence-electron chi connectivity index (χ2n) is 6.71. The van der Waals surface area contributed by atoms with Crippen molar-refractivity contribution in [2.45, 2.75) is 22.8 Å². The molecule has 0 aromatic heterocycles. The molecule has 0 aliphatic carbocycles. The van der Waals surface area contributed by atoms with Crippen LogP contribution in [0.25, 0.3) is 0 Å². The molecule has 2 rings (SSSR count). The first-order valence-corrected chi connectivity index (χ1v) is 14.1. The SMILES string of the molecule is O=P(O)(O)C(F)(F)c1ccc(CS(=O)(=O)Cc2ccc(C(F)(F)P(=O)(O)O)c(Br)c2)cc1. The highest BCUT2D eigenvalue weighted by molar-refractivity contribution is 9.10. The van der Waals surface area contributed by atoms with Gasteiger partial charge in [0.05, 0.1) is 11.5 Å². The predicted octanol–water partition coefficient (Wildman–Crippen LogP) is 4.02. The molecule has 0 saturated carbocycles. The summed E-state index contributed by atoms with van der Waals surface area (Å²) in [5.74, 6) is -1.33. The molecule has 0 unspecified atom stereocenters. The van der Waals surface area contributed by atoms with E-state index in [1.54, 1.807) is 0 Å². The van der Waals surface area contributed by atoms with Crippen LogP contribution in [0.2, 0.25) is 0 Å². The molecule has 178 valence electrons. The van der Waals surface area contributed by atoms with Gasteiger partial charge in [0.2, 0.25) is 0 Å². The molecule has 0 bridgehead atoms. The highest BCUT2D eigenvalue weighted by Crippen LogP contribution is 2.60. The third kappa shape index (κ3) is 5.87. The van der Waals surface area contributed by atoms with E-state index in [1.165, 1.54) is 0 Å². The number of hydrogen-bond acceptors (Lipinski definition) is 4. The predicted molar refractivity (Wildman–Crippen MR) is 109 cm³/mol. The zero-order chi connectivity index (χ0) is 24.8. The standard InChI is InChI=1S/C16H15BrF4O8P2S/c17-14-7-11(3-6-13(14)16(20,21)31(25,26)27)9-32(28,29)8-10-1-4-12(5-2-10)15(18,19)30(22,23)24/h1-7H,8-9H2,(H2,22,23,24)(H2,25,26,27). The van der Waals surface area contributed by atoms with Gasteiger partial charge in [-0.05, 0) is 17.2 Å². The Morgan fingerprint density at radius 1 is 0.781 bits per heavy atom. The van der Waals surface area contributed by atoms with Crippen LogP contribution < -0.4 is 0 Å². The molecule has 0 saturated heterocycles. The lowest BCUT2D eigenvalue weighted by Crippen LogP contribution is -2.15. The average Bonchev–Trinajstić information content (AvgIpc) is 2.59. The highest BCUT2D eigenvalue weighted by atomic mass is 79.9. The molecule has 2 aromatic rings. The molecule has 0 spiro atoms. The van der Waals surface area contributed by atoms with Gasteiger partial charge in [-0.25, -0.2) is 8.42 Å². The Morgan fingerprint density at radius 2 is 1.22 bits per heavy atom. The molecular formula is C16H15BrF4O8P2S. The summed E-state index contributed by atoms with van der Waals surface area (Å²) in [5, 5.41) is 0. The Hall–Kier alpha value is -1.11. The lowest BCUT2D eigenvalue weighted by Gasteiger charge is -2.19. The molecule has 0 fully saturated rings. The molecular weight excluding hydrogens is 570 g/mol. The van der Waals surface area contributed by atoms with Crippen LogP contribution in [0.15, 0.2) is 46.9 Å². The van der Waals surface area contributed by atoms with Crippen LogP contribution in [-0.2, 0) is 41.8 Å². The van der Waals surface area contributed by atoms with Crippen LogP contribution in [-0.4, -0.2) is 28.0 Å². The first kappa shape index (κ1) is 27.1. The average molecular weight is 585 g/mol. The van der Waals surface area contributed by atoms with E-state index in [2.05, 4.69) is 15.9 Å². The molecule has 0 aliphatic heterocycles. The van der Waals surface area contributed by atoms with Crippen molar-refractivity contribution in [3.63, 3.8) is 0 Å². The minimum Gasteiger partial charge on any atom is -0.320 e. The maximum Gasteiger partial charge on any atom is 0.399 e. The van der Waals surface area contributed by atoms with Crippen molar-refractivity contribution in [1.29, 1.82) is 0 Å². The molecule has 8 nitrogen and oxygen atoms in total. The number of halogens is 5. The van der Waals surface area contributed by atoms with E-state index in [9.17, 15) is 35.1 Å². The van der Waals surface area contributed by atoms with Gasteiger partial charge in [-0.2, -0.15) is 17.6 Å². The summed E-state index contributed by atoms with van der Waals surface area (Å²) in [6.45, 7) is 0. The minimum atomic E-state index is -5.83. The molecule has 0 amide bonds. The van der Waals surface area contributed by atoms with Gasteiger partial charge in [-0.15, -0.1) is 0 Å². The number of hydrogen-bond donors (Lipinski definition) is 4. The summed E-state index contributed by atoms with van der Waals surface area (Å²) in [6, 6.07) is 5.85. The van der Waals surface area contributed by atoms with Crippen molar-refractivity contribution >= 4 is 41.0 Å². The van der Waals surface area contributed by atoms with Crippen molar-refractivity contribution in [3.05, 3.63) is 69.2 Å². The first-order chi connectivity index (χ1) is 14.3. The Balaban J connectivity index is 2.22. The Kier molecular flexibility index (Phi) is 7.56. The molecule has 32 heavy (non-hydrogen) atoms. The Bertz CT molecular complexity index is 1210. The summed E-state index contributed by atoms with van der Waals surface area (Å²) in [4.78, 5) is 35.1. The zero-order valence-corrected chi connectivity index (χ0v) is 19.8. The summed E-state index contributed by atoms with van der Waals surface area (Å²) < 4.78 is 101. The van der Waals surface area contributed by atoms with Gasteiger partial charge in [0.25, 0.3) is 0 Å². The maximum atomic E-state index is 13.9. The molecule has 16 heteroatoms. The van der Waals surface area contributed by atoms with Gasteiger partial charge in [-0.1, -0.05) is 52.3 Å². The van der Waals surface area contributed by atoms with Crippen molar-refractivity contribution in [3.8, 4) is 0 Å². The van der Waals surface area contributed by atoms with Gasteiger partial charge < -0.3 is 19.6 Å². The van der Waals surface area contributed by atoms with Gasteiger partial charge in [0, 0.05) is 15.6 Å². The van der Waals surface area contributed by atoms with Crippen LogP contribution in [0.5, 0.6) is 0 Å². The largest absolute Gasteiger partial charge is 0.399 e. The third-order valence-corrected chi connectivity index (χ3v) is 8.33. The Morgan fingerprint density at radius 3 is 1.66 bits per heavy atom. The van der Waals surface area contributed by atoms with Crippen LogP contribution in [0.4, 0.5) is 17.6 Å². The molecule has 0 atom stereocenters. The number of sulfone groups is 1. The number of alkyl halides is 4. The highest BCUT2D eigenvalue weighted by Gasteiger charge is 2.51. The second-order valence-corrected chi connectivity index (χ2v) is 12.9.